The SMILES string of the molecule is c1ccc(-c2cc(-c3cccc(-c4cccc5c4sc4ccccc45)c3)nc(-c3ccc(-c4c5ccccc5cc5c4ccc4ccccc45)cc3)n2)cc1. The van der Waals surface area contributed by atoms with Crippen LogP contribution < -0.4 is 0 Å². The number of benzene rings is 9. The van der Waals surface area contributed by atoms with E-state index in [-0.39, 0.29) is 0 Å². The lowest BCUT2D eigenvalue weighted by atomic mass is 9.89. The third kappa shape index (κ3) is 5.40. The normalized spacial score (nSPS) is 11.6. The maximum Gasteiger partial charge on any atom is 0.160 e. The molecule has 0 aliphatic carbocycles. The number of hydrogen-bond acceptors (Lipinski definition) is 3. The Morgan fingerprint density at radius 1 is 0.327 bits per heavy atom. The highest BCUT2D eigenvalue weighted by Crippen LogP contribution is 2.42. The number of fused-ring (bicyclic) bond motifs is 7. The van der Waals surface area contributed by atoms with Crippen molar-refractivity contribution in [2.75, 3.05) is 0 Å². The molecule has 256 valence electrons. The van der Waals surface area contributed by atoms with E-state index in [0.717, 1.165) is 28.1 Å². The van der Waals surface area contributed by atoms with E-state index in [1.165, 1.54) is 74.7 Å². The molecule has 55 heavy (non-hydrogen) atoms. The molecule has 0 atom stereocenters. The molecule has 0 unspecified atom stereocenters. The van der Waals surface area contributed by atoms with Crippen LogP contribution >= 0.6 is 11.3 Å². The van der Waals surface area contributed by atoms with Gasteiger partial charge in [-0.25, -0.2) is 9.97 Å². The summed E-state index contributed by atoms with van der Waals surface area (Å²) in [4.78, 5) is 10.4. The van der Waals surface area contributed by atoms with Gasteiger partial charge in [0.25, 0.3) is 0 Å². The zero-order chi connectivity index (χ0) is 36.3. The predicted octanol–water partition coefficient (Wildman–Crippen LogP) is 14.6. The van der Waals surface area contributed by atoms with Gasteiger partial charge in [0.05, 0.1) is 11.4 Å². The van der Waals surface area contributed by atoms with Gasteiger partial charge in [-0.3, -0.25) is 0 Å². The minimum absolute atomic E-state index is 0.702. The van der Waals surface area contributed by atoms with E-state index in [2.05, 4.69) is 188 Å². The van der Waals surface area contributed by atoms with Gasteiger partial charge in [-0.15, -0.1) is 11.3 Å². The van der Waals surface area contributed by atoms with Gasteiger partial charge in [0.15, 0.2) is 5.82 Å². The molecule has 0 amide bonds. The molecule has 0 fully saturated rings. The lowest BCUT2D eigenvalue weighted by Crippen LogP contribution is -1.96. The third-order valence-electron chi connectivity index (χ3n) is 10.9. The number of nitrogens with zero attached hydrogens (tertiary/aromatic N) is 2. The average Bonchev–Trinajstić information content (AvgIpc) is 3.65. The number of rotatable bonds is 5. The fourth-order valence-electron chi connectivity index (χ4n) is 8.22. The van der Waals surface area contributed by atoms with E-state index in [0.29, 0.717) is 5.82 Å². The summed E-state index contributed by atoms with van der Waals surface area (Å²) in [5.74, 6) is 0.702. The van der Waals surface area contributed by atoms with Gasteiger partial charge in [0, 0.05) is 36.9 Å². The summed E-state index contributed by atoms with van der Waals surface area (Å²) in [6.07, 6.45) is 0. The first-order chi connectivity index (χ1) is 27.2. The summed E-state index contributed by atoms with van der Waals surface area (Å²) in [5, 5.41) is 10.1. The summed E-state index contributed by atoms with van der Waals surface area (Å²) in [7, 11) is 0. The van der Waals surface area contributed by atoms with Crippen LogP contribution in [0.5, 0.6) is 0 Å². The molecule has 11 aromatic rings. The number of thiophene rings is 1. The van der Waals surface area contributed by atoms with Crippen LogP contribution in [-0.4, -0.2) is 9.97 Å². The van der Waals surface area contributed by atoms with E-state index in [4.69, 9.17) is 9.97 Å². The highest BCUT2D eigenvalue weighted by Gasteiger charge is 2.16. The van der Waals surface area contributed by atoms with Crippen molar-refractivity contribution < 1.29 is 0 Å². The van der Waals surface area contributed by atoms with Crippen LogP contribution in [0.15, 0.2) is 194 Å². The van der Waals surface area contributed by atoms with E-state index in [1.807, 2.05) is 17.4 Å². The molecule has 11 rings (SSSR count). The van der Waals surface area contributed by atoms with Crippen LogP contribution in [0.2, 0.25) is 0 Å². The second-order valence-electron chi connectivity index (χ2n) is 14.1. The summed E-state index contributed by atoms with van der Waals surface area (Å²) in [6.45, 7) is 0. The van der Waals surface area contributed by atoms with E-state index in [9.17, 15) is 0 Å². The van der Waals surface area contributed by atoms with Crippen molar-refractivity contribution in [3.8, 4) is 56.2 Å². The predicted molar refractivity (Wildman–Crippen MR) is 235 cm³/mol. The quantitative estimate of drug-likeness (QED) is 0.131. The Morgan fingerprint density at radius 3 is 1.82 bits per heavy atom. The summed E-state index contributed by atoms with van der Waals surface area (Å²) < 4.78 is 2.61. The monoisotopic (exact) mass is 716 g/mol. The molecule has 0 aliphatic rings. The zero-order valence-electron chi connectivity index (χ0n) is 29.8. The van der Waals surface area contributed by atoms with Crippen LogP contribution in [0.4, 0.5) is 0 Å². The van der Waals surface area contributed by atoms with E-state index < -0.39 is 0 Å². The molecule has 0 N–H and O–H groups in total. The molecule has 2 aromatic heterocycles. The van der Waals surface area contributed by atoms with Crippen molar-refractivity contribution in [2.24, 2.45) is 0 Å². The van der Waals surface area contributed by atoms with Gasteiger partial charge in [-0.05, 0) is 78.8 Å². The number of aromatic nitrogens is 2. The van der Waals surface area contributed by atoms with Crippen molar-refractivity contribution in [2.45, 2.75) is 0 Å². The Balaban J connectivity index is 1.04. The summed E-state index contributed by atoms with van der Waals surface area (Å²) >= 11 is 1.86. The van der Waals surface area contributed by atoms with Gasteiger partial charge >= 0.3 is 0 Å². The molecule has 0 bridgehead atoms. The molecule has 0 saturated carbocycles. The molecule has 0 spiro atoms. The molecule has 9 aromatic carbocycles. The smallest absolute Gasteiger partial charge is 0.160 e. The van der Waals surface area contributed by atoms with Crippen molar-refractivity contribution in [3.63, 3.8) is 0 Å². The Labute approximate surface area is 322 Å². The van der Waals surface area contributed by atoms with Crippen LogP contribution in [0, 0.1) is 0 Å². The van der Waals surface area contributed by atoms with E-state index in [1.54, 1.807) is 0 Å². The van der Waals surface area contributed by atoms with E-state index >= 15 is 0 Å². The van der Waals surface area contributed by atoms with Gasteiger partial charge < -0.3 is 0 Å². The van der Waals surface area contributed by atoms with Gasteiger partial charge in [0.1, 0.15) is 0 Å². The Bertz CT molecular complexity index is 3250. The summed E-state index contributed by atoms with van der Waals surface area (Å²) in [5.41, 5.74) is 9.71. The molecule has 0 radical (unpaired) electrons. The molecule has 0 aliphatic heterocycles. The highest BCUT2D eigenvalue weighted by molar-refractivity contribution is 7.26. The minimum atomic E-state index is 0.702. The fraction of sp³-hybridized carbons (Fsp3) is 0. The van der Waals surface area contributed by atoms with Crippen LogP contribution in [-0.2, 0) is 0 Å². The van der Waals surface area contributed by atoms with Crippen LogP contribution in [0.25, 0.3) is 109 Å². The highest BCUT2D eigenvalue weighted by atomic mass is 32.1. The van der Waals surface area contributed by atoms with Gasteiger partial charge in [-0.2, -0.15) is 0 Å². The maximum absolute atomic E-state index is 5.26. The standard InChI is InChI=1S/C52H32N2S/c1-2-13-34(14-3-1)47-32-48(39-17-10-16-37(30-39)42-21-11-22-45-43-20-8-9-23-49(43)55-51(42)45)54-52(53-47)36-26-24-35(25-27-36)50-41-19-7-5-15-38(41)31-46-40-18-6-4-12-33(40)28-29-44(46)50/h1-32H. The second kappa shape index (κ2) is 12.9. The second-order valence-corrected chi connectivity index (χ2v) is 15.2. The third-order valence-corrected chi connectivity index (χ3v) is 12.1. The van der Waals surface area contributed by atoms with Crippen LogP contribution in [0.3, 0.4) is 0 Å². The molecule has 2 nitrogen and oxygen atoms in total. The lowest BCUT2D eigenvalue weighted by molar-refractivity contribution is 1.18. The fourth-order valence-corrected chi connectivity index (χ4v) is 9.46. The molecule has 0 saturated heterocycles. The topological polar surface area (TPSA) is 25.8 Å². The maximum atomic E-state index is 5.26. The average molecular weight is 717 g/mol. The van der Waals surface area contributed by atoms with Crippen molar-refractivity contribution in [3.05, 3.63) is 194 Å². The molecule has 2 heterocycles. The van der Waals surface area contributed by atoms with Crippen molar-refractivity contribution in [1.82, 2.24) is 9.97 Å². The van der Waals surface area contributed by atoms with Gasteiger partial charge in [0.2, 0.25) is 0 Å². The first kappa shape index (κ1) is 31.6. The van der Waals surface area contributed by atoms with Gasteiger partial charge in [-0.1, -0.05) is 170 Å². The Morgan fingerprint density at radius 2 is 0.964 bits per heavy atom. The molecule has 3 heteroatoms. The Hall–Kier alpha value is -6.94. The van der Waals surface area contributed by atoms with Crippen LogP contribution in [0.1, 0.15) is 0 Å². The first-order valence-corrected chi connectivity index (χ1v) is 19.5. The minimum Gasteiger partial charge on any atom is -0.228 e. The lowest BCUT2D eigenvalue weighted by Gasteiger charge is -2.15. The molecular formula is C52H32N2S. The zero-order valence-corrected chi connectivity index (χ0v) is 30.6. The first-order valence-electron chi connectivity index (χ1n) is 18.6. The van der Waals surface area contributed by atoms with Crippen molar-refractivity contribution >= 4 is 63.8 Å². The molecular weight excluding hydrogens is 685 g/mol. The van der Waals surface area contributed by atoms with Crippen molar-refractivity contribution in [1.29, 1.82) is 0 Å². The Kier molecular flexibility index (Phi) is 7.39. The largest absolute Gasteiger partial charge is 0.228 e. The summed E-state index contributed by atoms with van der Waals surface area (Å²) in [6, 6.07) is 69.7. The number of hydrogen-bond donors (Lipinski definition) is 0.